The second-order valence-corrected chi connectivity index (χ2v) is 8.26. The number of ether oxygens (including phenoxy) is 3. The van der Waals surface area contributed by atoms with Crippen LogP contribution in [0.1, 0.15) is 17.0 Å². The quantitative estimate of drug-likeness (QED) is 0.329. The predicted molar refractivity (Wildman–Crippen MR) is 129 cm³/mol. The van der Waals surface area contributed by atoms with Gasteiger partial charge in [-0.3, -0.25) is 9.36 Å². The minimum atomic E-state index is -0.190. The number of nitrogens with zero attached hydrogens (tertiary/aromatic N) is 3. The van der Waals surface area contributed by atoms with Gasteiger partial charge < -0.3 is 19.5 Å². The average molecular weight is 469 g/mol. The molecule has 1 aromatic heterocycles. The van der Waals surface area contributed by atoms with Crippen LogP contribution in [0.25, 0.3) is 0 Å². The van der Waals surface area contributed by atoms with Crippen molar-refractivity contribution >= 4 is 23.4 Å². The van der Waals surface area contributed by atoms with E-state index in [0.717, 1.165) is 16.9 Å². The molecule has 1 N–H and O–H groups in total. The highest BCUT2D eigenvalue weighted by atomic mass is 32.2. The van der Waals surface area contributed by atoms with Crippen molar-refractivity contribution in [1.82, 2.24) is 14.8 Å². The van der Waals surface area contributed by atoms with E-state index >= 15 is 0 Å². The number of carbonyl (C=O) groups is 1. The van der Waals surface area contributed by atoms with E-state index < -0.39 is 0 Å². The summed E-state index contributed by atoms with van der Waals surface area (Å²) in [6.07, 6.45) is 1.76. The normalized spacial score (nSPS) is 10.5. The Labute approximate surface area is 198 Å². The molecule has 33 heavy (non-hydrogen) atoms. The van der Waals surface area contributed by atoms with Crippen LogP contribution in [0.2, 0.25) is 0 Å². The van der Waals surface area contributed by atoms with Crippen LogP contribution in [-0.2, 0) is 17.9 Å². The summed E-state index contributed by atoms with van der Waals surface area (Å²) >= 11 is 1.29. The molecule has 3 aromatic rings. The lowest BCUT2D eigenvalue weighted by Crippen LogP contribution is -2.15. The van der Waals surface area contributed by atoms with E-state index in [1.54, 1.807) is 38.5 Å². The van der Waals surface area contributed by atoms with Crippen LogP contribution in [0.4, 0.5) is 5.69 Å². The van der Waals surface area contributed by atoms with Gasteiger partial charge in [-0.05, 0) is 49.2 Å². The highest BCUT2D eigenvalue weighted by Gasteiger charge is 2.15. The zero-order valence-corrected chi connectivity index (χ0v) is 20.1. The molecule has 0 fully saturated rings. The first-order valence-electron chi connectivity index (χ1n) is 10.3. The number of amides is 1. The van der Waals surface area contributed by atoms with Crippen molar-refractivity contribution in [2.24, 2.45) is 0 Å². The number of benzene rings is 2. The van der Waals surface area contributed by atoms with Crippen LogP contribution in [0.15, 0.2) is 54.2 Å². The predicted octanol–water partition coefficient (Wildman–Crippen LogP) is 4.41. The van der Waals surface area contributed by atoms with Gasteiger partial charge >= 0.3 is 0 Å². The van der Waals surface area contributed by atoms with E-state index in [-0.39, 0.29) is 18.3 Å². The van der Waals surface area contributed by atoms with Crippen molar-refractivity contribution in [3.05, 3.63) is 66.0 Å². The molecule has 0 bridgehead atoms. The largest absolute Gasteiger partial charge is 0.497 e. The van der Waals surface area contributed by atoms with Crippen LogP contribution in [0.3, 0.4) is 0 Å². The van der Waals surface area contributed by atoms with Gasteiger partial charge in [-0.1, -0.05) is 23.9 Å². The van der Waals surface area contributed by atoms with Gasteiger partial charge in [0.1, 0.15) is 23.9 Å². The number of hydrogen-bond acceptors (Lipinski definition) is 7. The number of carbonyl (C=O) groups excluding carboxylic acids is 1. The Bertz CT molecular complexity index is 1110. The number of thioether (sulfide) groups is 1. The Morgan fingerprint density at radius 3 is 2.52 bits per heavy atom. The van der Waals surface area contributed by atoms with Gasteiger partial charge in [-0.2, -0.15) is 0 Å². The Morgan fingerprint density at radius 1 is 1.09 bits per heavy atom. The molecule has 3 rings (SSSR count). The number of allylic oxidation sites excluding steroid dienone is 1. The number of rotatable bonds is 11. The van der Waals surface area contributed by atoms with E-state index in [2.05, 4.69) is 28.2 Å². The SMILES string of the molecule is C=CCn1c(COc2cc(C)cc(C)c2)nnc1SCC(=O)Nc1ccc(OC)cc1OC. The molecule has 0 saturated heterocycles. The van der Waals surface area contributed by atoms with Gasteiger partial charge in [-0.15, -0.1) is 16.8 Å². The molecular weight excluding hydrogens is 440 g/mol. The van der Waals surface area contributed by atoms with Gasteiger partial charge in [0.25, 0.3) is 0 Å². The molecule has 2 aromatic carbocycles. The van der Waals surface area contributed by atoms with Crippen LogP contribution < -0.4 is 19.5 Å². The highest BCUT2D eigenvalue weighted by molar-refractivity contribution is 7.99. The van der Waals surface area contributed by atoms with Gasteiger partial charge in [0.2, 0.25) is 5.91 Å². The average Bonchev–Trinajstić information content (AvgIpc) is 3.17. The number of hydrogen-bond donors (Lipinski definition) is 1. The molecule has 174 valence electrons. The Morgan fingerprint density at radius 2 is 1.85 bits per heavy atom. The number of methoxy groups -OCH3 is 2. The van der Waals surface area contributed by atoms with Gasteiger partial charge in [0, 0.05) is 12.6 Å². The van der Waals surface area contributed by atoms with E-state index in [1.807, 2.05) is 30.5 Å². The van der Waals surface area contributed by atoms with Gasteiger partial charge in [0.05, 0.1) is 25.7 Å². The van der Waals surface area contributed by atoms with Crippen LogP contribution in [0.5, 0.6) is 17.2 Å². The summed E-state index contributed by atoms with van der Waals surface area (Å²) in [7, 11) is 3.11. The Hall–Kier alpha value is -3.46. The van der Waals surface area contributed by atoms with E-state index in [4.69, 9.17) is 14.2 Å². The fourth-order valence-corrected chi connectivity index (χ4v) is 3.99. The smallest absolute Gasteiger partial charge is 0.234 e. The zero-order chi connectivity index (χ0) is 23.8. The Kier molecular flexibility index (Phi) is 8.37. The first-order valence-corrected chi connectivity index (χ1v) is 11.3. The summed E-state index contributed by atoms with van der Waals surface area (Å²) in [4.78, 5) is 12.5. The summed E-state index contributed by atoms with van der Waals surface area (Å²) in [5.74, 6) is 2.57. The summed E-state index contributed by atoms with van der Waals surface area (Å²) in [6, 6.07) is 11.3. The van der Waals surface area contributed by atoms with Crippen molar-refractivity contribution in [1.29, 1.82) is 0 Å². The highest BCUT2D eigenvalue weighted by Crippen LogP contribution is 2.29. The lowest BCUT2D eigenvalue weighted by atomic mass is 10.1. The molecular formula is C24H28N4O4S. The molecule has 1 amide bonds. The van der Waals surface area contributed by atoms with Crippen molar-refractivity contribution in [2.45, 2.75) is 32.2 Å². The molecule has 0 aliphatic rings. The summed E-state index contributed by atoms with van der Waals surface area (Å²) in [5.41, 5.74) is 2.83. The standard InChI is InChI=1S/C24H28N4O4S/c1-6-9-28-22(14-32-19-11-16(2)10-17(3)12-19)26-27-24(28)33-15-23(29)25-20-8-7-18(30-4)13-21(20)31-5/h6-8,10-13H,1,9,14-15H2,2-5H3,(H,25,29). The molecule has 0 aliphatic carbocycles. The van der Waals surface area contributed by atoms with Crippen LogP contribution in [0, 0.1) is 13.8 Å². The zero-order valence-electron chi connectivity index (χ0n) is 19.3. The van der Waals surface area contributed by atoms with Crippen molar-refractivity contribution in [2.75, 3.05) is 25.3 Å². The molecule has 9 heteroatoms. The monoisotopic (exact) mass is 468 g/mol. The lowest BCUT2D eigenvalue weighted by molar-refractivity contribution is -0.113. The second-order valence-electron chi connectivity index (χ2n) is 7.31. The Balaban J connectivity index is 1.64. The van der Waals surface area contributed by atoms with E-state index in [0.29, 0.717) is 34.7 Å². The molecule has 0 atom stereocenters. The third kappa shape index (κ3) is 6.52. The lowest BCUT2D eigenvalue weighted by Gasteiger charge is -2.12. The van der Waals surface area contributed by atoms with Crippen molar-refractivity contribution in [3.63, 3.8) is 0 Å². The summed E-state index contributed by atoms with van der Waals surface area (Å²) < 4.78 is 18.3. The summed E-state index contributed by atoms with van der Waals surface area (Å²) in [6.45, 7) is 8.64. The van der Waals surface area contributed by atoms with Crippen molar-refractivity contribution < 1.29 is 19.0 Å². The van der Waals surface area contributed by atoms with Crippen LogP contribution >= 0.6 is 11.8 Å². The second kappa shape index (κ2) is 11.4. The minimum Gasteiger partial charge on any atom is -0.497 e. The van der Waals surface area contributed by atoms with Crippen molar-refractivity contribution in [3.8, 4) is 17.2 Å². The summed E-state index contributed by atoms with van der Waals surface area (Å²) in [5, 5.41) is 12.0. The molecule has 0 radical (unpaired) electrons. The molecule has 0 saturated carbocycles. The van der Waals surface area contributed by atoms with Crippen LogP contribution in [-0.4, -0.2) is 40.6 Å². The first-order chi connectivity index (χ1) is 15.9. The number of aromatic nitrogens is 3. The maximum atomic E-state index is 12.5. The molecule has 1 heterocycles. The fraction of sp³-hybridized carbons (Fsp3) is 0.292. The third-order valence-corrected chi connectivity index (χ3v) is 5.65. The van der Waals surface area contributed by atoms with Gasteiger partial charge in [-0.25, -0.2) is 0 Å². The first kappa shape index (κ1) is 24.2. The molecule has 0 aliphatic heterocycles. The number of aryl methyl sites for hydroxylation is 2. The van der Waals surface area contributed by atoms with Gasteiger partial charge in [0.15, 0.2) is 11.0 Å². The minimum absolute atomic E-state index is 0.155. The maximum absolute atomic E-state index is 12.5. The van der Waals surface area contributed by atoms with E-state index in [1.165, 1.54) is 11.8 Å². The van der Waals surface area contributed by atoms with E-state index in [9.17, 15) is 4.79 Å². The molecule has 0 unspecified atom stereocenters. The molecule has 0 spiro atoms. The topological polar surface area (TPSA) is 87.5 Å². The maximum Gasteiger partial charge on any atom is 0.234 e. The fourth-order valence-electron chi connectivity index (χ4n) is 3.23. The third-order valence-electron chi connectivity index (χ3n) is 4.68. The molecule has 8 nitrogen and oxygen atoms in total. The number of nitrogens with one attached hydrogen (secondary N) is 1. The number of anilines is 1.